The zero-order valence-corrected chi connectivity index (χ0v) is 18.8. The molecule has 0 radical (unpaired) electrons. The van der Waals surface area contributed by atoms with Gasteiger partial charge in [-0.1, -0.05) is 17.7 Å². The molecule has 0 spiro atoms. The molecular formula is C18H18ClIN2O4P+. The van der Waals surface area contributed by atoms with Crippen LogP contribution in [0.1, 0.15) is 19.4 Å². The first-order valence-electron chi connectivity index (χ1n) is 8.44. The minimum absolute atomic E-state index is 0.267. The maximum Gasteiger partial charge on any atom is 0.454 e. The number of imidazole rings is 1. The Hall–Kier alpha value is -0.960. The van der Waals surface area contributed by atoms with E-state index < -0.39 is 7.94 Å². The lowest BCUT2D eigenvalue weighted by Gasteiger charge is -2.33. The number of fused-ring (bicyclic) bond motifs is 1. The van der Waals surface area contributed by atoms with Gasteiger partial charge in [0.25, 0.3) is 12.3 Å². The molecule has 6 nitrogen and oxygen atoms in total. The number of rotatable bonds is 5. The quantitative estimate of drug-likeness (QED) is 0.344. The van der Waals surface area contributed by atoms with Crippen LogP contribution in [0.15, 0.2) is 30.3 Å². The molecule has 1 N–H and O–H groups in total. The minimum atomic E-state index is -2.52. The lowest BCUT2D eigenvalue weighted by atomic mass is 10.2. The smallest absolute Gasteiger partial charge is 0.425 e. The molecule has 0 atom stereocenters. The highest BCUT2D eigenvalue weighted by atomic mass is 127. The van der Waals surface area contributed by atoms with Gasteiger partial charge in [-0.2, -0.15) is 9.51 Å². The number of benzene rings is 2. The lowest BCUT2D eigenvalue weighted by molar-refractivity contribution is -0.0972. The van der Waals surface area contributed by atoms with Gasteiger partial charge >= 0.3 is 7.94 Å². The highest BCUT2D eigenvalue weighted by Crippen LogP contribution is 2.70. The Balaban J connectivity index is 1.65. The summed E-state index contributed by atoms with van der Waals surface area (Å²) in [5, 5.41) is 1.56. The van der Waals surface area contributed by atoms with Crippen molar-refractivity contribution in [3.8, 4) is 11.8 Å². The second kappa shape index (κ2) is 7.46. The first-order valence-corrected chi connectivity index (χ1v) is 11.4. The minimum Gasteiger partial charge on any atom is -0.425 e. The number of aryl methyl sites for hydroxylation is 1. The van der Waals surface area contributed by atoms with Gasteiger partial charge in [0.05, 0.1) is 22.7 Å². The molecule has 2 heterocycles. The number of ether oxygens (including phenoxy) is 1. The topological polar surface area (TPSA) is 65.6 Å². The van der Waals surface area contributed by atoms with E-state index in [9.17, 15) is 0 Å². The first kappa shape index (κ1) is 19.4. The van der Waals surface area contributed by atoms with Crippen molar-refractivity contribution in [3.05, 3.63) is 44.5 Å². The summed E-state index contributed by atoms with van der Waals surface area (Å²) in [6.07, 6.45) is -0.267. The summed E-state index contributed by atoms with van der Waals surface area (Å²) >= 11 is 8.35. The fraction of sp³-hybridized carbons (Fsp3) is 0.278. The molecule has 0 bridgehead atoms. The first-order chi connectivity index (χ1) is 12.9. The fourth-order valence-electron chi connectivity index (χ4n) is 2.90. The second-order valence-corrected chi connectivity index (χ2v) is 9.80. The third-order valence-electron chi connectivity index (χ3n) is 4.07. The number of halogens is 2. The van der Waals surface area contributed by atoms with E-state index in [0.29, 0.717) is 23.4 Å². The molecule has 2 aromatic carbocycles. The summed E-state index contributed by atoms with van der Waals surface area (Å²) in [6, 6.07) is 9.89. The van der Waals surface area contributed by atoms with E-state index in [1.165, 1.54) is 0 Å². The zero-order chi connectivity index (χ0) is 19.2. The normalized spacial score (nSPS) is 22.0. The molecule has 0 amide bonds. The number of aromatic nitrogens is 2. The van der Waals surface area contributed by atoms with Crippen molar-refractivity contribution >= 4 is 58.5 Å². The van der Waals surface area contributed by atoms with E-state index >= 15 is 0 Å². The highest BCUT2D eigenvalue weighted by Gasteiger charge is 2.61. The van der Waals surface area contributed by atoms with Gasteiger partial charge in [-0.3, -0.25) is 0 Å². The van der Waals surface area contributed by atoms with Crippen molar-refractivity contribution in [2.45, 2.75) is 27.1 Å². The summed E-state index contributed by atoms with van der Waals surface area (Å²) in [7, 11) is -2.52. The fourth-order valence-corrected chi connectivity index (χ4v) is 5.93. The SMILES string of the molecule is CCO[P+]1(c2cc(Oc3nc4cc(I)c(Cl)cc4[nH]3)ccc2C)OC(C)O1. The molecule has 1 aliphatic rings. The molecule has 27 heavy (non-hydrogen) atoms. The Labute approximate surface area is 176 Å². The van der Waals surface area contributed by atoms with Crippen molar-refractivity contribution in [2.75, 3.05) is 6.61 Å². The van der Waals surface area contributed by atoms with Crippen LogP contribution in [0, 0.1) is 10.5 Å². The van der Waals surface area contributed by atoms with Gasteiger partial charge in [0, 0.05) is 9.64 Å². The van der Waals surface area contributed by atoms with E-state index in [1.807, 2.05) is 51.1 Å². The summed E-state index contributed by atoms with van der Waals surface area (Å²) in [6.45, 7) is 6.29. The molecule has 142 valence electrons. The van der Waals surface area contributed by atoms with E-state index in [0.717, 1.165) is 25.5 Å². The molecule has 1 saturated heterocycles. The summed E-state index contributed by atoms with van der Waals surface area (Å²) in [5.41, 5.74) is 2.64. The van der Waals surface area contributed by atoms with Crippen LogP contribution in [-0.2, 0) is 13.6 Å². The van der Waals surface area contributed by atoms with Crippen LogP contribution in [0.25, 0.3) is 11.0 Å². The van der Waals surface area contributed by atoms with Crippen LogP contribution >= 0.6 is 42.1 Å². The molecule has 0 saturated carbocycles. The Morgan fingerprint density at radius 1 is 1.30 bits per heavy atom. The number of nitrogens with one attached hydrogen (secondary N) is 1. The second-order valence-electron chi connectivity index (χ2n) is 6.07. The average Bonchev–Trinajstić information content (AvgIpc) is 2.96. The number of hydrogen-bond acceptors (Lipinski definition) is 5. The molecule has 3 aromatic rings. The molecule has 1 fully saturated rings. The van der Waals surface area contributed by atoms with Gasteiger partial charge in [0.2, 0.25) is 0 Å². The largest absolute Gasteiger partial charge is 0.454 e. The maximum absolute atomic E-state index is 6.18. The van der Waals surface area contributed by atoms with Crippen molar-refractivity contribution in [1.29, 1.82) is 0 Å². The third-order valence-corrected chi connectivity index (χ3v) is 8.41. The van der Waals surface area contributed by atoms with E-state index in [2.05, 4.69) is 32.6 Å². The van der Waals surface area contributed by atoms with Crippen LogP contribution in [0.2, 0.25) is 5.02 Å². The Morgan fingerprint density at radius 2 is 2.07 bits per heavy atom. The van der Waals surface area contributed by atoms with Gasteiger partial charge in [-0.05, 0) is 67.1 Å². The van der Waals surface area contributed by atoms with Crippen molar-refractivity contribution in [2.24, 2.45) is 0 Å². The van der Waals surface area contributed by atoms with Crippen LogP contribution in [0.3, 0.4) is 0 Å². The molecular weight excluding hydrogens is 502 g/mol. The molecule has 9 heteroatoms. The number of aromatic amines is 1. The number of H-pyrrole nitrogens is 1. The van der Waals surface area contributed by atoms with Crippen LogP contribution in [0.5, 0.6) is 11.8 Å². The molecule has 0 aliphatic carbocycles. The molecule has 1 aromatic heterocycles. The third kappa shape index (κ3) is 3.69. The molecule has 1 aliphatic heterocycles. The van der Waals surface area contributed by atoms with Crippen LogP contribution in [0.4, 0.5) is 0 Å². The van der Waals surface area contributed by atoms with E-state index in [4.69, 9.17) is 29.9 Å². The monoisotopic (exact) mass is 519 g/mol. The summed E-state index contributed by atoms with van der Waals surface area (Å²) < 4.78 is 24.5. The summed E-state index contributed by atoms with van der Waals surface area (Å²) in [5.74, 6) is 0.626. The molecule has 0 unspecified atom stereocenters. The van der Waals surface area contributed by atoms with Gasteiger partial charge in [-0.15, -0.1) is 9.05 Å². The number of nitrogens with zero attached hydrogens (tertiary/aromatic N) is 1. The van der Waals surface area contributed by atoms with Gasteiger partial charge in [0.1, 0.15) is 5.75 Å². The Kier molecular flexibility index (Phi) is 5.35. The van der Waals surface area contributed by atoms with Gasteiger partial charge in [-0.25, -0.2) is 0 Å². The zero-order valence-electron chi connectivity index (χ0n) is 15.0. The van der Waals surface area contributed by atoms with Gasteiger partial charge in [0.15, 0.2) is 5.30 Å². The van der Waals surface area contributed by atoms with Crippen molar-refractivity contribution in [1.82, 2.24) is 9.97 Å². The van der Waals surface area contributed by atoms with E-state index in [-0.39, 0.29) is 6.29 Å². The van der Waals surface area contributed by atoms with Crippen LogP contribution < -0.4 is 10.0 Å². The van der Waals surface area contributed by atoms with E-state index in [1.54, 1.807) is 0 Å². The Morgan fingerprint density at radius 3 is 2.78 bits per heavy atom. The highest BCUT2D eigenvalue weighted by molar-refractivity contribution is 14.1. The average molecular weight is 520 g/mol. The predicted molar refractivity (Wildman–Crippen MR) is 115 cm³/mol. The van der Waals surface area contributed by atoms with Crippen molar-refractivity contribution in [3.63, 3.8) is 0 Å². The van der Waals surface area contributed by atoms with Crippen molar-refractivity contribution < 1.29 is 18.3 Å². The van der Waals surface area contributed by atoms with Crippen LogP contribution in [-0.4, -0.2) is 22.9 Å². The Bertz CT molecular complexity index is 962. The molecule has 4 rings (SSSR count). The maximum atomic E-state index is 6.18. The standard InChI is InChI=1S/C18H18ClIN2O4P/c1-4-23-27(25-11(3)26-27)17-7-12(6-5-10(17)2)24-18-21-15-8-13(19)14(20)9-16(15)22-18/h5-9,11H,4H2,1-3H3,(H,21,22)/q+1. The predicted octanol–water partition coefficient (Wildman–Crippen LogP) is 5.74. The van der Waals surface area contributed by atoms with Gasteiger partial charge < -0.3 is 9.72 Å². The summed E-state index contributed by atoms with van der Waals surface area (Å²) in [4.78, 5) is 7.62. The number of hydrogen-bond donors (Lipinski definition) is 1. The lowest BCUT2D eigenvalue weighted by Crippen LogP contribution is -2.36.